The fourth-order valence-electron chi connectivity index (χ4n) is 1.10. The molecule has 4 nitrogen and oxygen atoms in total. The number of urea groups is 1. The predicted octanol–water partition coefficient (Wildman–Crippen LogP) is 1.61. The largest absolute Gasteiger partial charge is 0.325 e. The van der Waals surface area contributed by atoms with Gasteiger partial charge in [-0.25, -0.2) is 4.79 Å². The Labute approximate surface area is 82.9 Å². The van der Waals surface area contributed by atoms with Gasteiger partial charge < -0.3 is 5.32 Å². The zero-order chi connectivity index (χ0) is 9.42. The maximum atomic E-state index is 11.1. The highest BCUT2D eigenvalue weighted by Gasteiger charge is 2.19. The first-order valence-corrected chi connectivity index (χ1v) is 4.73. The second kappa shape index (κ2) is 3.01. The molecular formula is C7H5ClN2O2S. The third-order valence-corrected chi connectivity index (χ3v) is 2.87. The van der Waals surface area contributed by atoms with Gasteiger partial charge in [-0.2, -0.15) is 0 Å². The molecule has 0 radical (unpaired) electrons. The molecule has 1 aliphatic rings. The Kier molecular flexibility index (Phi) is 1.97. The molecule has 0 unspecified atom stereocenters. The number of anilines is 1. The van der Waals surface area contributed by atoms with Crippen molar-refractivity contribution in [2.75, 3.05) is 5.32 Å². The monoisotopic (exact) mass is 216 g/mol. The van der Waals surface area contributed by atoms with Crippen LogP contribution in [0.25, 0.3) is 0 Å². The van der Waals surface area contributed by atoms with Gasteiger partial charge in [-0.3, -0.25) is 10.1 Å². The van der Waals surface area contributed by atoms with Gasteiger partial charge in [0.05, 0.1) is 16.4 Å². The number of fused-ring (bicyclic) bond motifs is 1. The molecule has 0 aromatic carbocycles. The van der Waals surface area contributed by atoms with Crippen LogP contribution in [0.5, 0.6) is 0 Å². The van der Waals surface area contributed by atoms with Crippen molar-refractivity contribution in [1.82, 2.24) is 5.32 Å². The van der Waals surface area contributed by atoms with Crippen molar-refractivity contribution in [3.8, 4) is 0 Å². The number of rotatable bonds is 0. The number of carbonyl (C=O) groups is 2. The van der Waals surface area contributed by atoms with Crippen molar-refractivity contribution >= 4 is 40.6 Å². The van der Waals surface area contributed by atoms with Crippen molar-refractivity contribution in [1.29, 1.82) is 0 Å². The Balaban J connectivity index is 2.42. The minimum atomic E-state index is -0.502. The number of halogens is 1. The molecule has 0 aliphatic carbocycles. The van der Waals surface area contributed by atoms with E-state index in [-0.39, 0.29) is 12.3 Å². The highest BCUT2D eigenvalue weighted by molar-refractivity contribution is 7.16. The molecule has 68 valence electrons. The van der Waals surface area contributed by atoms with E-state index in [1.807, 2.05) is 0 Å². The first-order valence-electron chi connectivity index (χ1n) is 3.54. The summed E-state index contributed by atoms with van der Waals surface area (Å²) >= 11 is 7.03. The van der Waals surface area contributed by atoms with Crippen LogP contribution in [0.15, 0.2) is 6.07 Å². The summed E-state index contributed by atoms with van der Waals surface area (Å²) < 4.78 is 0.569. The molecule has 0 spiro atoms. The molecule has 0 atom stereocenters. The molecule has 3 amide bonds. The van der Waals surface area contributed by atoms with E-state index in [1.54, 1.807) is 6.07 Å². The lowest BCUT2D eigenvalue weighted by atomic mass is 10.3. The standard InChI is InChI=1S/C7H5ClN2O2S/c8-5-1-3-4(13-5)2-6(11)10-7(12)9-3/h1H,2H2,(H2,9,10,11,12). The molecular weight excluding hydrogens is 212 g/mol. The van der Waals surface area contributed by atoms with Crippen LogP contribution in [0.2, 0.25) is 4.34 Å². The summed E-state index contributed by atoms with van der Waals surface area (Å²) in [5, 5.41) is 4.70. The lowest BCUT2D eigenvalue weighted by Crippen LogP contribution is -2.32. The van der Waals surface area contributed by atoms with E-state index in [0.29, 0.717) is 10.0 Å². The Bertz CT molecular complexity index is 354. The molecule has 13 heavy (non-hydrogen) atoms. The molecule has 0 bridgehead atoms. The van der Waals surface area contributed by atoms with Gasteiger partial charge in [0.2, 0.25) is 5.91 Å². The molecule has 0 saturated carbocycles. The normalized spacial score (nSPS) is 15.8. The number of carbonyl (C=O) groups excluding carboxylic acids is 2. The van der Waals surface area contributed by atoms with Gasteiger partial charge in [-0.05, 0) is 6.07 Å². The number of thiophene rings is 1. The first-order chi connectivity index (χ1) is 6.15. The van der Waals surface area contributed by atoms with Crippen molar-refractivity contribution in [2.24, 2.45) is 0 Å². The second-order valence-corrected chi connectivity index (χ2v) is 4.33. The molecule has 2 rings (SSSR count). The van der Waals surface area contributed by atoms with Crippen LogP contribution in [0.3, 0.4) is 0 Å². The molecule has 1 aromatic heterocycles. The van der Waals surface area contributed by atoms with Gasteiger partial charge in [-0.15, -0.1) is 11.3 Å². The van der Waals surface area contributed by atoms with Gasteiger partial charge >= 0.3 is 6.03 Å². The van der Waals surface area contributed by atoms with Gasteiger partial charge in [0.25, 0.3) is 0 Å². The number of imide groups is 1. The summed E-state index contributed by atoms with van der Waals surface area (Å²) in [4.78, 5) is 22.8. The average molecular weight is 217 g/mol. The fourth-order valence-corrected chi connectivity index (χ4v) is 2.33. The van der Waals surface area contributed by atoms with Crippen molar-refractivity contribution < 1.29 is 9.59 Å². The zero-order valence-electron chi connectivity index (χ0n) is 6.39. The average Bonchev–Trinajstić information content (AvgIpc) is 2.24. The van der Waals surface area contributed by atoms with Gasteiger partial charge in [0, 0.05) is 4.88 Å². The number of nitrogens with one attached hydrogen (secondary N) is 2. The Morgan fingerprint density at radius 2 is 2.15 bits per heavy atom. The van der Waals surface area contributed by atoms with Crippen LogP contribution >= 0.6 is 22.9 Å². The first kappa shape index (κ1) is 8.52. The number of hydrogen-bond donors (Lipinski definition) is 2. The summed E-state index contributed by atoms with van der Waals surface area (Å²) in [6.45, 7) is 0. The molecule has 6 heteroatoms. The topological polar surface area (TPSA) is 58.2 Å². The van der Waals surface area contributed by atoms with Crippen LogP contribution in [0.4, 0.5) is 10.5 Å². The van der Waals surface area contributed by atoms with Crippen LogP contribution < -0.4 is 10.6 Å². The molecule has 2 N–H and O–H groups in total. The maximum absolute atomic E-state index is 11.1. The second-order valence-electron chi connectivity index (χ2n) is 2.57. The predicted molar refractivity (Wildman–Crippen MR) is 50.2 cm³/mol. The van der Waals surface area contributed by atoms with E-state index in [4.69, 9.17) is 11.6 Å². The summed E-state index contributed by atoms with van der Waals surface area (Å²) in [5.74, 6) is -0.310. The van der Waals surface area contributed by atoms with E-state index in [2.05, 4.69) is 10.6 Å². The molecule has 1 aliphatic heterocycles. The highest BCUT2D eigenvalue weighted by atomic mass is 35.5. The molecule has 1 aromatic rings. The lowest BCUT2D eigenvalue weighted by molar-refractivity contribution is -0.119. The Morgan fingerprint density at radius 3 is 2.92 bits per heavy atom. The van der Waals surface area contributed by atoms with Gasteiger partial charge in [0.15, 0.2) is 0 Å². The van der Waals surface area contributed by atoms with Crippen molar-refractivity contribution in [3.63, 3.8) is 0 Å². The Hall–Kier alpha value is -1.07. The quantitative estimate of drug-likeness (QED) is 0.692. The molecule has 0 saturated heterocycles. The number of hydrogen-bond acceptors (Lipinski definition) is 3. The van der Waals surface area contributed by atoms with Crippen LogP contribution in [0, 0.1) is 0 Å². The lowest BCUT2D eigenvalue weighted by Gasteiger charge is -1.97. The zero-order valence-corrected chi connectivity index (χ0v) is 7.96. The van der Waals surface area contributed by atoms with E-state index in [9.17, 15) is 9.59 Å². The molecule has 2 heterocycles. The summed E-state index contributed by atoms with van der Waals surface area (Å²) in [6.07, 6.45) is 0.200. The van der Waals surface area contributed by atoms with E-state index in [1.165, 1.54) is 11.3 Å². The van der Waals surface area contributed by atoms with Gasteiger partial charge in [-0.1, -0.05) is 11.6 Å². The minimum Gasteiger partial charge on any atom is -0.306 e. The smallest absolute Gasteiger partial charge is 0.306 e. The third kappa shape index (κ3) is 1.66. The van der Waals surface area contributed by atoms with Gasteiger partial charge in [0.1, 0.15) is 0 Å². The third-order valence-electron chi connectivity index (χ3n) is 1.60. The van der Waals surface area contributed by atoms with Crippen LogP contribution in [0.1, 0.15) is 4.88 Å². The maximum Gasteiger partial charge on any atom is 0.325 e. The van der Waals surface area contributed by atoms with E-state index < -0.39 is 6.03 Å². The number of amides is 3. The minimum absolute atomic E-state index is 0.200. The SMILES string of the molecule is O=C1Cc2sc(Cl)cc2NC(=O)N1. The van der Waals surface area contributed by atoms with Crippen LogP contribution in [-0.2, 0) is 11.2 Å². The molecule has 0 fully saturated rings. The van der Waals surface area contributed by atoms with Crippen molar-refractivity contribution in [2.45, 2.75) is 6.42 Å². The van der Waals surface area contributed by atoms with E-state index in [0.717, 1.165) is 4.88 Å². The highest BCUT2D eigenvalue weighted by Crippen LogP contribution is 2.32. The fraction of sp³-hybridized carbons (Fsp3) is 0.143. The van der Waals surface area contributed by atoms with E-state index >= 15 is 0 Å². The van der Waals surface area contributed by atoms with Crippen LogP contribution in [-0.4, -0.2) is 11.9 Å². The Morgan fingerprint density at radius 1 is 1.38 bits per heavy atom. The summed E-state index contributed by atoms with van der Waals surface area (Å²) in [6, 6.07) is 1.14. The van der Waals surface area contributed by atoms with Crippen molar-refractivity contribution in [3.05, 3.63) is 15.3 Å². The summed E-state index contributed by atoms with van der Waals surface area (Å²) in [5.41, 5.74) is 0.623. The summed E-state index contributed by atoms with van der Waals surface area (Å²) in [7, 11) is 0.